The number of aliphatic hydroxyl groups excluding tert-OH is 2. The first-order valence-corrected chi connectivity index (χ1v) is 24.6. The van der Waals surface area contributed by atoms with Crippen molar-refractivity contribution < 1.29 is 78.6 Å². The number of benzene rings is 3. The highest BCUT2D eigenvalue weighted by Crippen LogP contribution is 2.16. The summed E-state index contributed by atoms with van der Waals surface area (Å²) in [6.45, 7) is -0.0513. The van der Waals surface area contributed by atoms with Crippen molar-refractivity contribution >= 4 is 65.1 Å². The van der Waals surface area contributed by atoms with Gasteiger partial charge in [0, 0.05) is 38.6 Å². The van der Waals surface area contributed by atoms with Gasteiger partial charge < -0.3 is 96.5 Å². The monoisotopic (exact) mass is 1110 g/mol. The maximum atomic E-state index is 14.5. The number of nitrogens with one attached hydrogen (secondary N) is 7. The summed E-state index contributed by atoms with van der Waals surface area (Å²) < 4.78 is 0. The van der Waals surface area contributed by atoms with E-state index in [1.54, 1.807) is 0 Å². The first-order valence-electron chi connectivity index (χ1n) is 24.6. The lowest BCUT2D eigenvalue weighted by atomic mass is 10.0. The summed E-state index contributed by atoms with van der Waals surface area (Å²) in [7, 11) is 0. The van der Waals surface area contributed by atoms with E-state index in [0.717, 1.165) is 6.92 Å². The minimum atomic E-state index is -1.89. The molecule has 3 aromatic carbocycles. The number of aromatic hydroxyl groups is 3. The summed E-state index contributed by atoms with van der Waals surface area (Å²) in [6, 6.07) is 3.12. The van der Waals surface area contributed by atoms with Crippen LogP contribution in [0.25, 0.3) is 0 Å². The zero-order chi connectivity index (χ0) is 58.9. The van der Waals surface area contributed by atoms with E-state index in [4.69, 9.17) is 28.7 Å². The Morgan fingerprint density at radius 2 is 0.810 bits per heavy atom. The van der Waals surface area contributed by atoms with Gasteiger partial charge in [0.15, 0.2) is 12.0 Å². The molecule has 0 bridgehead atoms. The summed E-state index contributed by atoms with van der Waals surface area (Å²) in [5, 5.41) is 76.9. The highest BCUT2D eigenvalue weighted by Gasteiger charge is 2.35. The molecule has 0 aromatic heterocycles. The van der Waals surface area contributed by atoms with Crippen molar-refractivity contribution in [3.63, 3.8) is 0 Å². The number of guanidine groups is 1. The first kappa shape index (κ1) is 64.2. The number of primary amides is 2. The van der Waals surface area contributed by atoms with Crippen molar-refractivity contribution in [3.8, 4) is 17.2 Å². The van der Waals surface area contributed by atoms with Crippen LogP contribution in [0.5, 0.6) is 17.2 Å². The number of carboxylic acids is 1. The predicted octanol–water partition coefficient (Wildman–Crippen LogP) is -5.41. The second kappa shape index (κ2) is 31.8. The fourth-order valence-electron chi connectivity index (χ4n) is 7.46. The smallest absolute Gasteiger partial charge is 0.328 e. The van der Waals surface area contributed by atoms with Gasteiger partial charge >= 0.3 is 5.97 Å². The summed E-state index contributed by atoms with van der Waals surface area (Å²) in [5.74, 6) is -11.4. The highest BCUT2D eigenvalue weighted by molar-refractivity contribution is 5.98. The lowest BCUT2D eigenvalue weighted by Gasteiger charge is -2.28. The van der Waals surface area contributed by atoms with E-state index in [1.165, 1.54) is 72.8 Å². The van der Waals surface area contributed by atoms with Crippen LogP contribution in [0.3, 0.4) is 0 Å². The molecular formula is C50H69N13O16. The number of aliphatic carboxylic acids is 1. The normalized spacial score (nSPS) is 14.3. The first-order chi connectivity index (χ1) is 37.3. The lowest BCUT2D eigenvalue weighted by Crippen LogP contribution is -2.61. The predicted molar refractivity (Wildman–Crippen MR) is 280 cm³/mol. The van der Waals surface area contributed by atoms with E-state index in [1.807, 2.05) is 0 Å². The molecule has 0 heterocycles. The standard InChI is InChI=1S/C50H69N13O16/c1-25(65)41(49(78)79)63-44(73)33(3-2-20-56-50(54)55)58-45(74)35(21-26-4-10-29(66)11-5-26)61-48(77)38(24-64)62-47(76)37(23-28-8-14-31(68)15-9-28)60-46(75)36(22-27-6-12-30(67)13-7-27)59-43(72)34(17-19-40(53)70)57-42(71)32(51)16-18-39(52)69/h4-15,25,32-38,41,64-68H,2-3,16-24,51H2,1H3,(H2,52,69)(H2,53,70)(H,57,71)(H,58,74)(H,59,72)(H,60,75)(H,61,77)(H,62,76)(H,63,73)(H,78,79)(H4,54,55,56)/t25-,32+,33+,34+,35+,36+,37+,38+,41+/m1/s1. The van der Waals surface area contributed by atoms with Crippen molar-refractivity contribution in [1.29, 1.82) is 0 Å². The molecule has 0 radical (unpaired) electrons. The SMILES string of the molecule is C[C@@H](O)[C@H](NC(=O)[C@H](CCCN=C(N)N)NC(=O)[C@H](Cc1ccc(O)cc1)NC(=O)[C@H](CO)NC(=O)[C@H](Cc1ccc(O)cc1)NC(=O)[C@H](Cc1ccc(O)cc1)NC(=O)[C@H](CCC(N)=O)NC(=O)[C@@H](N)CCC(N)=O)C(=O)O. The second-order valence-corrected chi connectivity index (χ2v) is 18.3. The van der Waals surface area contributed by atoms with E-state index in [2.05, 4.69) is 42.2 Å². The number of carbonyl (C=O) groups is 10. The Labute approximate surface area is 452 Å². The summed E-state index contributed by atoms with van der Waals surface area (Å²) in [6.07, 6.45) is -4.07. The molecule has 0 saturated carbocycles. The third-order valence-corrected chi connectivity index (χ3v) is 11.8. The molecule has 430 valence electrons. The van der Waals surface area contributed by atoms with Crippen molar-refractivity contribution in [1.82, 2.24) is 37.2 Å². The number of nitrogens with two attached hydrogens (primary N) is 5. The van der Waals surface area contributed by atoms with Gasteiger partial charge in [-0.15, -0.1) is 0 Å². The zero-order valence-corrected chi connectivity index (χ0v) is 43.0. The van der Waals surface area contributed by atoms with Crippen LogP contribution in [0.1, 0.15) is 62.1 Å². The number of amides is 9. The molecule has 9 atom stereocenters. The average molecular weight is 1110 g/mol. The number of hydrogen-bond donors (Lipinski definition) is 18. The number of phenols is 3. The molecule has 9 amide bonds. The average Bonchev–Trinajstić information content (AvgIpc) is 3.39. The maximum Gasteiger partial charge on any atom is 0.328 e. The third-order valence-electron chi connectivity index (χ3n) is 11.8. The summed E-state index contributed by atoms with van der Waals surface area (Å²) in [5.41, 5.74) is 28.3. The quantitative estimate of drug-likeness (QED) is 0.0154. The van der Waals surface area contributed by atoms with Crippen LogP contribution >= 0.6 is 0 Å². The van der Waals surface area contributed by atoms with Crippen LogP contribution in [-0.4, -0.2) is 163 Å². The van der Waals surface area contributed by atoms with Gasteiger partial charge in [0.25, 0.3) is 0 Å². The number of rotatable bonds is 33. The molecule has 0 aliphatic heterocycles. The number of carboxylic acid groups (broad SMARTS) is 1. The number of phenolic OH excluding ortho intramolecular Hbond substituents is 3. The summed E-state index contributed by atoms with van der Waals surface area (Å²) in [4.78, 5) is 136. The number of hydrogen-bond acceptors (Lipinski definition) is 17. The molecule has 3 rings (SSSR count). The number of aliphatic imine (C=N–C) groups is 1. The van der Waals surface area contributed by atoms with Crippen LogP contribution in [0, 0.1) is 0 Å². The molecule has 0 spiro atoms. The van der Waals surface area contributed by atoms with Gasteiger partial charge in [0.2, 0.25) is 53.2 Å². The molecule has 0 aliphatic rings. The number of carbonyl (C=O) groups excluding carboxylic acids is 9. The van der Waals surface area contributed by atoms with Gasteiger partial charge in [-0.25, -0.2) is 4.79 Å². The summed E-state index contributed by atoms with van der Waals surface area (Å²) >= 11 is 0. The Morgan fingerprint density at radius 1 is 0.481 bits per heavy atom. The van der Waals surface area contributed by atoms with E-state index in [-0.39, 0.29) is 81.1 Å². The van der Waals surface area contributed by atoms with Gasteiger partial charge in [0.1, 0.15) is 53.5 Å². The fourth-order valence-corrected chi connectivity index (χ4v) is 7.46. The van der Waals surface area contributed by atoms with Crippen molar-refractivity contribution in [2.45, 2.75) is 119 Å². The minimum absolute atomic E-state index is 0.0376. The van der Waals surface area contributed by atoms with E-state index in [0.29, 0.717) is 16.7 Å². The lowest BCUT2D eigenvalue weighted by molar-refractivity contribution is -0.145. The van der Waals surface area contributed by atoms with Crippen LogP contribution in [-0.2, 0) is 67.2 Å². The Balaban J connectivity index is 2.01. The number of aliphatic hydroxyl groups is 2. The van der Waals surface area contributed by atoms with Gasteiger partial charge in [-0.05, 0) is 85.7 Å². The molecule has 29 nitrogen and oxygen atoms in total. The molecule has 79 heavy (non-hydrogen) atoms. The van der Waals surface area contributed by atoms with Crippen LogP contribution < -0.4 is 65.9 Å². The van der Waals surface area contributed by atoms with Crippen molar-refractivity contribution in [2.24, 2.45) is 33.7 Å². The molecule has 0 unspecified atom stereocenters. The van der Waals surface area contributed by atoms with Crippen molar-refractivity contribution in [3.05, 3.63) is 89.5 Å². The third kappa shape index (κ3) is 23.0. The molecule has 0 fully saturated rings. The Hall–Kier alpha value is -9.09. The van der Waals surface area contributed by atoms with Crippen molar-refractivity contribution in [2.75, 3.05) is 13.2 Å². The Bertz CT molecular complexity index is 2620. The van der Waals surface area contributed by atoms with Gasteiger partial charge in [-0.1, -0.05) is 36.4 Å². The second-order valence-electron chi connectivity index (χ2n) is 18.3. The van der Waals surface area contributed by atoms with Crippen LogP contribution in [0.15, 0.2) is 77.8 Å². The van der Waals surface area contributed by atoms with E-state index >= 15 is 0 Å². The molecule has 3 aromatic rings. The highest BCUT2D eigenvalue weighted by atomic mass is 16.4. The van der Waals surface area contributed by atoms with Gasteiger partial charge in [-0.2, -0.15) is 0 Å². The van der Waals surface area contributed by atoms with Gasteiger partial charge in [-0.3, -0.25) is 48.1 Å². The van der Waals surface area contributed by atoms with Crippen LogP contribution in [0.2, 0.25) is 0 Å². The van der Waals surface area contributed by atoms with E-state index in [9.17, 15) is 78.6 Å². The zero-order valence-electron chi connectivity index (χ0n) is 43.0. The molecule has 0 aliphatic carbocycles. The Kier molecular flexibility index (Phi) is 25.9. The minimum Gasteiger partial charge on any atom is -0.508 e. The number of nitrogens with zero attached hydrogens (tertiary/aromatic N) is 1. The van der Waals surface area contributed by atoms with E-state index < -0.39 is 127 Å². The molecule has 0 saturated heterocycles. The largest absolute Gasteiger partial charge is 0.508 e. The maximum absolute atomic E-state index is 14.5. The Morgan fingerprint density at radius 3 is 1.18 bits per heavy atom. The topological polar surface area (TPSA) is 519 Å². The molecule has 29 heteroatoms. The molecule has 23 N–H and O–H groups in total. The van der Waals surface area contributed by atoms with Gasteiger partial charge in [0.05, 0.1) is 18.8 Å². The molecular weight excluding hydrogens is 1040 g/mol. The van der Waals surface area contributed by atoms with Crippen LogP contribution in [0.4, 0.5) is 0 Å². The fraction of sp³-hybridized carbons (Fsp3) is 0.420.